The van der Waals surface area contributed by atoms with E-state index in [4.69, 9.17) is 9.15 Å². The monoisotopic (exact) mass is 214 g/mol. The van der Waals surface area contributed by atoms with Crippen LogP contribution >= 0.6 is 0 Å². The Hall–Kier alpha value is -2.03. The first-order valence-electron chi connectivity index (χ1n) is 5.10. The molecule has 0 bridgehead atoms. The van der Waals surface area contributed by atoms with Gasteiger partial charge in [0.2, 0.25) is 0 Å². The fraction of sp³-hybridized carbons (Fsp3) is 0.154. The van der Waals surface area contributed by atoms with Crippen LogP contribution in [0.25, 0.3) is 0 Å². The lowest BCUT2D eigenvalue weighted by molar-refractivity contribution is 0.103. The minimum Gasteiger partial charge on any atom is -0.485 e. The van der Waals surface area contributed by atoms with Gasteiger partial charge in [-0.05, 0) is 30.7 Å². The third-order valence-electron chi connectivity index (χ3n) is 2.73. The van der Waals surface area contributed by atoms with Crippen LogP contribution in [0.4, 0.5) is 0 Å². The van der Waals surface area contributed by atoms with Gasteiger partial charge in [-0.25, -0.2) is 0 Å². The molecule has 0 unspecified atom stereocenters. The first kappa shape index (κ1) is 9.21. The number of ketones is 1. The molecule has 1 aromatic carbocycles. The lowest BCUT2D eigenvalue weighted by Gasteiger charge is -2.06. The van der Waals surface area contributed by atoms with Crippen molar-refractivity contribution in [3.05, 3.63) is 53.0 Å². The van der Waals surface area contributed by atoms with Gasteiger partial charge in [0.1, 0.15) is 12.4 Å². The van der Waals surface area contributed by atoms with E-state index in [9.17, 15) is 4.79 Å². The summed E-state index contributed by atoms with van der Waals surface area (Å²) in [5.74, 6) is 1.20. The first-order chi connectivity index (χ1) is 7.75. The fourth-order valence-corrected chi connectivity index (χ4v) is 1.88. The van der Waals surface area contributed by atoms with Gasteiger partial charge in [0.25, 0.3) is 0 Å². The van der Waals surface area contributed by atoms with Crippen molar-refractivity contribution < 1.29 is 13.9 Å². The summed E-state index contributed by atoms with van der Waals surface area (Å²) < 4.78 is 10.8. The number of fused-ring (bicyclic) bond motifs is 2. The van der Waals surface area contributed by atoms with E-state index < -0.39 is 0 Å². The molecule has 0 N–H and O–H groups in total. The molecule has 80 valence electrons. The second-order valence-corrected chi connectivity index (χ2v) is 3.87. The highest BCUT2D eigenvalue weighted by atomic mass is 16.5. The molecule has 1 aliphatic heterocycles. The van der Waals surface area contributed by atoms with Gasteiger partial charge >= 0.3 is 0 Å². The molecular formula is C13H10O3. The van der Waals surface area contributed by atoms with Crippen LogP contribution in [0.2, 0.25) is 0 Å². The molecule has 0 atom stereocenters. The third kappa shape index (κ3) is 1.25. The van der Waals surface area contributed by atoms with Gasteiger partial charge in [-0.3, -0.25) is 4.79 Å². The molecule has 0 fully saturated rings. The van der Waals surface area contributed by atoms with E-state index in [2.05, 4.69) is 0 Å². The lowest BCUT2D eigenvalue weighted by atomic mass is 10.0. The number of aryl methyl sites for hydroxylation is 1. The van der Waals surface area contributed by atoms with Crippen LogP contribution < -0.4 is 4.74 Å². The Labute approximate surface area is 92.6 Å². The van der Waals surface area contributed by atoms with Gasteiger partial charge in [0.05, 0.1) is 17.4 Å². The van der Waals surface area contributed by atoms with Crippen molar-refractivity contribution in [3.63, 3.8) is 0 Å². The maximum atomic E-state index is 12.2. The standard InChI is InChI=1S/C13H10O3/c1-8-2-3-9-11(6-8)16-7-12-10(13(9)14)4-5-15-12/h2-6H,7H2,1H3. The van der Waals surface area contributed by atoms with Gasteiger partial charge in [-0.1, -0.05) is 6.07 Å². The Morgan fingerprint density at radius 2 is 2.06 bits per heavy atom. The number of hydrogen-bond acceptors (Lipinski definition) is 3. The van der Waals surface area contributed by atoms with Crippen LogP contribution in [0.1, 0.15) is 27.2 Å². The predicted molar refractivity (Wildman–Crippen MR) is 57.7 cm³/mol. The molecule has 1 aliphatic rings. The zero-order valence-corrected chi connectivity index (χ0v) is 8.82. The summed E-state index contributed by atoms with van der Waals surface area (Å²) in [6, 6.07) is 7.27. The van der Waals surface area contributed by atoms with Crippen molar-refractivity contribution in [2.75, 3.05) is 0 Å². The number of ether oxygens (including phenoxy) is 1. The van der Waals surface area contributed by atoms with Crippen LogP contribution in [0.15, 0.2) is 34.9 Å². The van der Waals surface area contributed by atoms with Crippen molar-refractivity contribution in [1.82, 2.24) is 0 Å². The topological polar surface area (TPSA) is 39.4 Å². The Balaban J connectivity index is 2.20. The van der Waals surface area contributed by atoms with Crippen molar-refractivity contribution in [3.8, 4) is 5.75 Å². The zero-order valence-electron chi connectivity index (χ0n) is 8.82. The molecule has 3 nitrogen and oxygen atoms in total. The van der Waals surface area contributed by atoms with Crippen LogP contribution in [0, 0.1) is 6.92 Å². The van der Waals surface area contributed by atoms with Gasteiger partial charge in [0, 0.05) is 0 Å². The maximum absolute atomic E-state index is 12.2. The zero-order chi connectivity index (χ0) is 11.1. The van der Waals surface area contributed by atoms with Gasteiger partial charge < -0.3 is 9.15 Å². The summed E-state index contributed by atoms with van der Waals surface area (Å²) in [6.07, 6.45) is 1.52. The average molecular weight is 214 g/mol. The SMILES string of the molecule is Cc1ccc2c(c1)OCc1occc1C2=O. The Bertz CT molecular complexity index is 566. The summed E-state index contributed by atoms with van der Waals surface area (Å²) in [5.41, 5.74) is 2.28. The number of carbonyl (C=O) groups is 1. The van der Waals surface area contributed by atoms with E-state index in [1.54, 1.807) is 12.1 Å². The second-order valence-electron chi connectivity index (χ2n) is 3.87. The van der Waals surface area contributed by atoms with Gasteiger partial charge in [-0.15, -0.1) is 0 Å². The summed E-state index contributed by atoms with van der Waals surface area (Å²) >= 11 is 0. The van der Waals surface area contributed by atoms with Crippen LogP contribution in [-0.4, -0.2) is 5.78 Å². The molecule has 0 aliphatic carbocycles. The largest absolute Gasteiger partial charge is 0.485 e. The summed E-state index contributed by atoms with van der Waals surface area (Å²) in [6.45, 7) is 2.28. The maximum Gasteiger partial charge on any atom is 0.200 e. The highest BCUT2D eigenvalue weighted by Crippen LogP contribution is 2.29. The molecule has 1 aromatic heterocycles. The second kappa shape index (κ2) is 3.23. The number of rotatable bonds is 0. The van der Waals surface area contributed by atoms with E-state index in [1.807, 2.05) is 19.1 Å². The van der Waals surface area contributed by atoms with Crippen LogP contribution in [0.5, 0.6) is 5.75 Å². The average Bonchev–Trinajstić information content (AvgIpc) is 2.69. The summed E-state index contributed by atoms with van der Waals surface area (Å²) in [7, 11) is 0. The molecule has 0 amide bonds. The van der Waals surface area contributed by atoms with E-state index in [0.29, 0.717) is 29.2 Å². The smallest absolute Gasteiger partial charge is 0.200 e. The number of hydrogen-bond donors (Lipinski definition) is 0. The van der Waals surface area contributed by atoms with Gasteiger partial charge in [0.15, 0.2) is 11.5 Å². The lowest BCUT2D eigenvalue weighted by Crippen LogP contribution is -2.00. The molecule has 3 rings (SSSR count). The van der Waals surface area contributed by atoms with Crippen LogP contribution in [0.3, 0.4) is 0 Å². The number of carbonyl (C=O) groups excluding carboxylic acids is 1. The van der Waals surface area contributed by atoms with Gasteiger partial charge in [-0.2, -0.15) is 0 Å². The van der Waals surface area contributed by atoms with E-state index in [-0.39, 0.29) is 5.78 Å². The fourth-order valence-electron chi connectivity index (χ4n) is 1.88. The highest BCUT2D eigenvalue weighted by molar-refractivity contribution is 6.11. The molecule has 2 heterocycles. The number of benzene rings is 1. The van der Waals surface area contributed by atoms with E-state index in [0.717, 1.165) is 5.56 Å². The Morgan fingerprint density at radius 3 is 2.94 bits per heavy atom. The molecular weight excluding hydrogens is 204 g/mol. The van der Waals surface area contributed by atoms with Crippen molar-refractivity contribution in [2.45, 2.75) is 13.5 Å². The highest BCUT2D eigenvalue weighted by Gasteiger charge is 2.24. The number of furan rings is 1. The van der Waals surface area contributed by atoms with Crippen molar-refractivity contribution >= 4 is 5.78 Å². The Morgan fingerprint density at radius 1 is 1.19 bits per heavy atom. The summed E-state index contributed by atoms with van der Waals surface area (Å²) in [4.78, 5) is 12.2. The molecule has 0 saturated carbocycles. The van der Waals surface area contributed by atoms with E-state index in [1.165, 1.54) is 6.26 Å². The van der Waals surface area contributed by atoms with E-state index >= 15 is 0 Å². The normalized spacial score (nSPS) is 13.7. The summed E-state index contributed by atoms with van der Waals surface area (Å²) in [5, 5.41) is 0. The van der Waals surface area contributed by atoms with Crippen molar-refractivity contribution in [2.24, 2.45) is 0 Å². The molecule has 16 heavy (non-hydrogen) atoms. The van der Waals surface area contributed by atoms with Crippen LogP contribution in [-0.2, 0) is 6.61 Å². The third-order valence-corrected chi connectivity index (χ3v) is 2.73. The molecule has 0 radical (unpaired) electrons. The molecule has 2 aromatic rings. The minimum atomic E-state index is -0.0312. The Kier molecular flexibility index (Phi) is 1.86. The molecule has 3 heteroatoms. The molecule has 0 spiro atoms. The molecule has 0 saturated heterocycles. The van der Waals surface area contributed by atoms with Crippen molar-refractivity contribution in [1.29, 1.82) is 0 Å². The first-order valence-corrected chi connectivity index (χ1v) is 5.10. The quantitative estimate of drug-likeness (QED) is 0.676. The minimum absolute atomic E-state index is 0.0312. The predicted octanol–water partition coefficient (Wildman–Crippen LogP) is 2.71.